The summed E-state index contributed by atoms with van der Waals surface area (Å²) in [4.78, 5) is 25.0. The fraction of sp³-hybridized carbons (Fsp3) is 0.450. The van der Waals surface area contributed by atoms with E-state index in [-0.39, 0.29) is 22.9 Å². The predicted octanol–water partition coefficient (Wildman–Crippen LogP) is 3.70. The van der Waals surface area contributed by atoms with E-state index in [0.717, 1.165) is 22.5 Å². The van der Waals surface area contributed by atoms with Crippen LogP contribution in [0.5, 0.6) is 0 Å². The third-order valence-electron chi connectivity index (χ3n) is 4.59. The van der Waals surface area contributed by atoms with Crippen molar-refractivity contribution in [3.8, 4) is 11.3 Å². The van der Waals surface area contributed by atoms with Crippen LogP contribution in [-0.2, 0) is 23.7 Å². The molecule has 0 aliphatic heterocycles. The van der Waals surface area contributed by atoms with Gasteiger partial charge in [0.05, 0.1) is 11.3 Å². The minimum Gasteiger partial charge on any atom is -0.299 e. The zero-order valence-corrected chi connectivity index (χ0v) is 15.2. The molecule has 1 aromatic carbocycles. The van der Waals surface area contributed by atoms with Crippen LogP contribution in [0, 0.1) is 5.92 Å². The van der Waals surface area contributed by atoms with Crippen LogP contribution in [0.3, 0.4) is 0 Å². The molecule has 0 amide bonds. The second-order valence-corrected chi connectivity index (χ2v) is 7.95. The Labute approximate surface area is 142 Å². The Morgan fingerprint density at radius 2 is 1.88 bits per heavy atom. The summed E-state index contributed by atoms with van der Waals surface area (Å²) in [7, 11) is 1.89. The average molecular weight is 324 g/mol. The van der Waals surface area contributed by atoms with Crippen LogP contribution < -0.4 is 0 Å². The van der Waals surface area contributed by atoms with Crippen molar-refractivity contribution in [2.75, 3.05) is 0 Å². The zero-order valence-electron chi connectivity index (χ0n) is 15.2. The number of carbonyl (C=O) groups excluding carboxylic acids is 2. The number of fused-ring (bicyclic) bond motifs is 3. The Hall–Kier alpha value is -2.23. The number of hydrogen-bond donors (Lipinski definition) is 0. The van der Waals surface area contributed by atoms with Crippen molar-refractivity contribution in [3.63, 3.8) is 0 Å². The van der Waals surface area contributed by atoms with Crippen LogP contribution in [0.25, 0.3) is 11.3 Å². The first kappa shape index (κ1) is 16.6. The van der Waals surface area contributed by atoms with Crippen LogP contribution in [0.1, 0.15) is 61.8 Å². The second-order valence-electron chi connectivity index (χ2n) is 7.95. The van der Waals surface area contributed by atoms with Gasteiger partial charge in [0.15, 0.2) is 5.78 Å². The number of aromatic nitrogens is 2. The fourth-order valence-corrected chi connectivity index (χ4v) is 3.42. The van der Waals surface area contributed by atoms with Crippen LogP contribution in [0.2, 0.25) is 0 Å². The standard InChI is InChI=1S/C20H24N2O2/c1-11(2)15(23)10-12-7-8-13-14(9-12)18(24)16-17(13)21-22(6)19(16)20(3,4)5/h7-9,11H,10H2,1-6H3. The summed E-state index contributed by atoms with van der Waals surface area (Å²) in [6, 6.07) is 5.74. The van der Waals surface area contributed by atoms with Gasteiger partial charge in [-0.2, -0.15) is 5.10 Å². The van der Waals surface area contributed by atoms with E-state index in [9.17, 15) is 9.59 Å². The van der Waals surface area contributed by atoms with Gasteiger partial charge in [0.2, 0.25) is 0 Å². The van der Waals surface area contributed by atoms with Gasteiger partial charge in [-0.05, 0) is 11.6 Å². The SMILES string of the molecule is CC(C)C(=O)Cc1ccc2c(c1)C(=O)c1c-2nn(C)c1C(C)(C)C. The molecule has 0 radical (unpaired) electrons. The van der Waals surface area contributed by atoms with E-state index in [1.54, 1.807) is 0 Å². The van der Waals surface area contributed by atoms with E-state index >= 15 is 0 Å². The lowest BCUT2D eigenvalue weighted by atomic mass is 9.88. The molecular weight excluding hydrogens is 300 g/mol. The molecule has 3 rings (SSSR count). The highest BCUT2D eigenvalue weighted by Gasteiger charge is 2.37. The molecule has 4 heteroatoms. The summed E-state index contributed by atoms with van der Waals surface area (Å²) in [5, 5.41) is 4.60. The molecule has 0 bridgehead atoms. The summed E-state index contributed by atoms with van der Waals surface area (Å²) >= 11 is 0. The normalized spacial score (nSPS) is 13.4. The van der Waals surface area contributed by atoms with Crippen molar-refractivity contribution < 1.29 is 9.59 Å². The lowest BCUT2D eigenvalue weighted by Gasteiger charge is -2.20. The highest BCUT2D eigenvalue weighted by Crippen LogP contribution is 2.41. The van der Waals surface area contributed by atoms with Gasteiger partial charge >= 0.3 is 0 Å². The zero-order chi connectivity index (χ0) is 17.8. The molecule has 1 aliphatic rings. The lowest BCUT2D eigenvalue weighted by molar-refractivity contribution is -0.121. The van der Waals surface area contributed by atoms with Gasteiger partial charge in [0, 0.05) is 35.9 Å². The van der Waals surface area contributed by atoms with E-state index < -0.39 is 0 Å². The van der Waals surface area contributed by atoms with E-state index in [4.69, 9.17) is 0 Å². The lowest BCUT2D eigenvalue weighted by Crippen LogP contribution is -2.20. The molecule has 1 heterocycles. The third-order valence-corrected chi connectivity index (χ3v) is 4.59. The molecule has 4 nitrogen and oxygen atoms in total. The maximum absolute atomic E-state index is 13.0. The molecule has 0 fully saturated rings. The Balaban J connectivity index is 2.07. The van der Waals surface area contributed by atoms with Crippen molar-refractivity contribution in [1.29, 1.82) is 0 Å². The van der Waals surface area contributed by atoms with Crippen LogP contribution in [0.15, 0.2) is 18.2 Å². The number of ketones is 2. The molecule has 0 saturated carbocycles. The van der Waals surface area contributed by atoms with Gasteiger partial charge in [0.1, 0.15) is 11.5 Å². The van der Waals surface area contributed by atoms with Crippen molar-refractivity contribution in [1.82, 2.24) is 9.78 Å². The topological polar surface area (TPSA) is 52.0 Å². The molecule has 2 aromatic rings. The van der Waals surface area contributed by atoms with E-state index in [0.29, 0.717) is 17.5 Å². The van der Waals surface area contributed by atoms with Gasteiger partial charge in [-0.3, -0.25) is 14.3 Å². The van der Waals surface area contributed by atoms with Gasteiger partial charge in [-0.25, -0.2) is 0 Å². The first-order valence-electron chi connectivity index (χ1n) is 8.39. The highest BCUT2D eigenvalue weighted by atomic mass is 16.1. The van der Waals surface area contributed by atoms with Crippen LogP contribution >= 0.6 is 0 Å². The predicted molar refractivity (Wildman–Crippen MR) is 94.3 cm³/mol. The molecule has 126 valence electrons. The Morgan fingerprint density at radius 3 is 2.46 bits per heavy atom. The summed E-state index contributed by atoms with van der Waals surface area (Å²) in [6.45, 7) is 10.1. The maximum Gasteiger partial charge on any atom is 0.197 e. The number of rotatable bonds is 3. The summed E-state index contributed by atoms with van der Waals surface area (Å²) in [5.74, 6) is 0.214. The molecule has 1 aromatic heterocycles. The molecular formula is C20H24N2O2. The summed E-state index contributed by atoms with van der Waals surface area (Å²) < 4.78 is 1.82. The minimum absolute atomic E-state index is 0.00145. The highest BCUT2D eigenvalue weighted by molar-refractivity contribution is 6.22. The van der Waals surface area contributed by atoms with Crippen LogP contribution in [0.4, 0.5) is 0 Å². The molecule has 0 spiro atoms. The van der Waals surface area contributed by atoms with Crippen molar-refractivity contribution in [3.05, 3.63) is 40.6 Å². The van der Waals surface area contributed by atoms with E-state index in [1.807, 2.05) is 43.8 Å². The molecule has 24 heavy (non-hydrogen) atoms. The largest absolute Gasteiger partial charge is 0.299 e. The van der Waals surface area contributed by atoms with Gasteiger partial charge in [-0.1, -0.05) is 46.8 Å². The quantitative estimate of drug-likeness (QED) is 0.738. The monoisotopic (exact) mass is 324 g/mol. The van der Waals surface area contributed by atoms with Gasteiger partial charge in [-0.15, -0.1) is 0 Å². The molecule has 0 unspecified atom stereocenters. The van der Waals surface area contributed by atoms with Crippen molar-refractivity contribution in [2.24, 2.45) is 13.0 Å². The summed E-state index contributed by atoms with van der Waals surface area (Å²) in [6.07, 6.45) is 0.371. The second kappa shape index (κ2) is 5.40. The van der Waals surface area contributed by atoms with Crippen LogP contribution in [-0.4, -0.2) is 21.3 Å². The molecule has 0 saturated heterocycles. The number of carbonyl (C=O) groups is 2. The van der Waals surface area contributed by atoms with Crippen molar-refractivity contribution in [2.45, 2.75) is 46.5 Å². The number of benzene rings is 1. The molecule has 0 atom stereocenters. The fourth-order valence-electron chi connectivity index (χ4n) is 3.42. The number of aryl methyl sites for hydroxylation is 1. The number of Topliss-reactive ketones (excluding diaryl/α,β-unsaturated/α-hetero) is 1. The number of hydrogen-bond acceptors (Lipinski definition) is 3. The first-order chi connectivity index (χ1) is 11.1. The van der Waals surface area contributed by atoms with E-state index in [1.165, 1.54) is 0 Å². The first-order valence-corrected chi connectivity index (χ1v) is 8.39. The Bertz CT molecular complexity index is 851. The average Bonchev–Trinajstić information content (AvgIpc) is 2.94. The van der Waals surface area contributed by atoms with Gasteiger partial charge < -0.3 is 0 Å². The Kier molecular flexibility index (Phi) is 3.74. The Morgan fingerprint density at radius 1 is 1.21 bits per heavy atom. The molecule has 0 N–H and O–H groups in total. The minimum atomic E-state index is -0.163. The summed E-state index contributed by atoms with van der Waals surface area (Å²) in [5.41, 5.74) is 4.72. The number of nitrogens with zero attached hydrogens (tertiary/aromatic N) is 2. The maximum atomic E-state index is 13.0. The third kappa shape index (κ3) is 2.50. The van der Waals surface area contributed by atoms with Gasteiger partial charge in [0.25, 0.3) is 0 Å². The molecule has 1 aliphatic carbocycles. The van der Waals surface area contributed by atoms with E-state index in [2.05, 4.69) is 25.9 Å². The van der Waals surface area contributed by atoms with Crippen molar-refractivity contribution >= 4 is 11.6 Å². The smallest absolute Gasteiger partial charge is 0.197 e.